The molecule has 14 heavy (non-hydrogen) atoms. The monoisotopic (exact) mass is 192 g/mol. The summed E-state index contributed by atoms with van der Waals surface area (Å²) in [5, 5.41) is 0. The molecule has 0 aliphatic heterocycles. The third-order valence-electron chi connectivity index (χ3n) is 3.26. The Hall–Kier alpha value is -0.235. The molecule has 1 rings (SSSR count). The zero-order valence-electron chi connectivity index (χ0n) is 9.46. The predicted octanol–water partition coefficient (Wildman–Crippen LogP) is 3.25. The van der Waals surface area contributed by atoms with Crippen LogP contribution in [0.2, 0.25) is 0 Å². The fourth-order valence-electron chi connectivity index (χ4n) is 2.26. The summed E-state index contributed by atoms with van der Waals surface area (Å²) in [6.07, 6.45) is 8.78. The largest absolute Gasteiger partial charge is 0.447 e. The summed E-state index contributed by atoms with van der Waals surface area (Å²) in [6.45, 7) is 5.22. The fraction of sp³-hybridized carbons (Fsp3) is 0.833. The first kappa shape index (κ1) is 11.8. The summed E-state index contributed by atoms with van der Waals surface area (Å²) in [4.78, 5) is 0. The van der Waals surface area contributed by atoms with Gasteiger partial charge < -0.3 is 4.65 Å². The van der Waals surface area contributed by atoms with E-state index in [-0.39, 0.29) is 0 Å². The first-order valence-corrected chi connectivity index (χ1v) is 5.80. The molecule has 0 amide bonds. The summed E-state index contributed by atoms with van der Waals surface area (Å²) in [6, 6.07) is 0. The van der Waals surface area contributed by atoms with Gasteiger partial charge in [-0.2, -0.15) is 0 Å². The lowest BCUT2D eigenvalue weighted by molar-refractivity contribution is 0.252. The highest BCUT2D eigenvalue weighted by Crippen LogP contribution is 2.34. The van der Waals surface area contributed by atoms with Crippen molar-refractivity contribution in [1.29, 1.82) is 0 Å². The van der Waals surface area contributed by atoms with Gasteiger partial charge in [0.25, 0.3) is 8.05 Å². The van der Waals surface area contributed by atoms with Crippen molar-refractivity contribution in [3.05, 3.63) is 11.6 Å². The quantitative estimate of drug-likeness (QED) is 0.356. The smallest absolute Gasteiger partial charge is 0.282 e. The van der Waals surface area contributed by atoms with Crippen LogP contribution in [-0.2, 0) is 4.65 Å². The molecule has 0 saturated carbocycles. The van der Waals surface area contributed by atoms with E-state index < -0.39 is 0 Å². The van der Waals surface area contributed by atoms with Gasteiger partial charge in [-0.3, -0.25) is 0 Å². The van der Waals surface area contributed by atoms with Crippen LogP contribution in [0.1, 0.15) is 46.0 Å². The molecule has 0 aromatic carbocycles. The Bertz CT molecular complexity index is 189. The van der Waals surface area contributed by atoms with Crippen molar-refractivity contribution < 1.29 is 4.65 Å². The normalized spacial score (nSPS) is 26.6. The molecular weight excluding hydrogens is 171 g/mol. The first-order valence-electron chi connectivity index (χ1n) is 5.80. The number of allylic oxidation sites excluding steroid dienone is 1. The molecule has 2 atom stereocenters. The fourth-order valence-corrected chi connectivity index (χ4v) is 2.26. The van der Waals surface area contributed by atoms with Crippen molar-refractivity contribution in [2.75, 3.05) is 6.61 Å². The SMILES string of the molecule is [B]OC[C@@H]1C(CCCCC)=CCC1C. The van der Waals surface area contributed by atoms with Gasteiger partial charge >= 0.3 is 0 Å². The van der Waals surface area contributed by atoms with Gasteiger partial charge in [0.05, 0.1) is 0 Å². The predicted molar refractivity (Wildman–Crippen MR) is 61.2 cm³/mol. The highest BCUT2D eigenvalue weighted by molar-refractivity contribution is 5.97. The van der Waals surface area contributed by atoms with E-state index in [4.69, 9.17) is 12.7 Å². The summed E-state index contributed by atoms with van der Waals surface area (Å²) in [5.74, 6) is 1.30. The number of hydrogen-bond donors (Lipinski definition) is 0. The number of rotatable bonds is 6. The van der Waals surface area contributed by atoms with E-state index in [1.54, 1.807) is 5.57 Å². The van der Waals surface area contributed by atoms with Crippen LogP contribution in [-0.4, -0.2) is 14.7 Å². The maximum atomic E-state index is 5.16. The lowest BCUT2D eigenvalue weighted by Gasteiger charge is -2.19. The van der Waals surface area contributed by atoms with Gasteiger partial charge in [0.2, 0.25) is 0 Å². The molecular formula is C12H21BO. The van der Waals surface area contributed by atoms with Gasteiger partial charge in [0.1, 0.15) is 0 Å². The molecule has 2 heteroatoms. The van der Waals surface area contributed by atoms with Gasteiger partial charge in [-0.1, -0.05) is 38.3 Å². The van der Waals surface area contributed by atoms with Crippen LogP contribution < -0.4 is 0 Å². The summed E-state index contributed by atoms with van der Waals surface area (Å²) < 4.78 is 4.79. The van der Waals surface area contributed by atoms with Crippen molar-refractivity contribution in [2.45, 2.75) is 46.0 Å². The van der Waals surface area contributed by atoms with Crippen molar-refractivity contribution in [1.82, 2.24) is 0 Å². The second kappa shape index (κ2) is 6.29. The molecule has 1 aliphatic rings. The minimum Gasteiger partial charge on any atom is -0.447 e. The lowest BCUT2D eigenvalue weighted by atomic mass is 9.90. The van der Waals surface area contributed by atoms with Crippen LogP contribution in [0.3, 0.4) is 0 Å². The van der Waals surface area contributed by atoms with Gasteiger partial charge in [-0.05, 0) is 25.2 Å². The minimum atomic E-state index is 0.580. The van der Waals surface area contributed by atoms with E-state index in [1.807, 2.05) is 0 Å². The van der Waals surface area contributed by atoms with Crippen LogP contribution >= 0.6 is 0 Å². The Labute approximate surface area is 89.4 Å². The molecule has 0 spiro atoms. The molecule has 0 N–H and O–H groups in total. The minimum absolute atomic E-state index is 0.580. The van der Waals surface area contributed by atoms with E-state index in [2.05, 4.69) is 19.9 Å². The molecule has 1 aliphatic carbocycles. The van der Waals surface area contributed by atoms with Crippen LogP contribution in [0.4, 0.5) is 0 Å². The highest BCUT2D eigenvalue weighted by atomic mass is 16.4. The Balaban J connectivity index is 2.34. The first-order chi connectivity index (χ1) is 6.79. The standard InChI is InChI=1S/C12H21BO/c1-3-4-5-6-11-8-7-10(2)12(11)9-14-13/h8,10,12H,3-7,9H2,1-2H3/t10?,12-/m0/s1. The van der Waals surface area contributed by atoms with Crippen molar-refractivity contribution in [3.63, 3.8) is 0 Å². The van der Waals surface area contributed by atoms with Crippen molar-refractivity contribution >= 4 is 8.05 Å². The number of unbranched alkanes of at least 4 members (excludes halogenated alkanes) is 2. The lowest BCUT2D eigenvalue weighted by Crippen LogP contribution is -2.15. The number of hydrogen-bond acceptors (Lipinski definition) is 1. The van der Waals surface area contributed by atoms with Crippen LogP contribution in [0.5, 0.6) is 0 Å². The molecule has 0 aromatic rings. The van der Waals surface area contributed by atoms with Crippen LogP contribution in [0.15, 0.2) is 11.6 Å². The molecule has 1 nitrogen and oxygen atoms in total. The van der Waals surface area contributed by atoms with E-state index in [0.717, 1.165) is 5.92 Å². The van der Waals surface area contributed by atoms with Gasteiger partial charge in [0.15, 0.2) is 0 Å². The zero-order chi connectivity index (χ0) is 10.4. The molecule has 2 radical (unpaired) electrons. The Kier molecular flexibility index (Phi) is 5.32. The zero-order valence-corrected chi connectivity index (χ0v) is 9.46. The second-order valence-electron chi connectivity index (χ2n) is 4.39. The maximum absolute atomic E-state index is 5.16. The highest BCUT2D eigenvalue weighted by Gasteiger charge is 2.25. The molecule has 0 aromatic heterocycles. The molecule has 0 fully saturated rings. The van der Waals surface area contributed by atoms with Crippen LogP contribution in [0.25, 0.3) is 0 Å². The Morgan fingerprint density at radius 2 is 2.29 bits per heavy atom. The van der Waals surface area contributed by atoms with Gasteiger partial charge in [-0.25, -0.2) is 0 Å². The Morgan fingerprint density at radius 3 is 2.93 bits per heavy atom. The molecule has 78 valence electrons. The Morgan fingerprint density at radius 1 is 1.50 bits per heavy atom. The van der Waals surface area contributed by atoms with Crippen molar-refractivity contribution in [2.24, 2.45) is 11.8 Å². The molecule has 0 saturated heterocycles. The van der Waals surface area contributed by atoms with E-state index in [1.165, 1.54) is 32.1 Å². The van der Waals surface area contributed by atoms with E-state index in [0.29, 0.717) is 12.5 Å². The summed E-state index contributed by atoms with van der Waals surface area (Å²) >= 11 is 0. The van der Waals surface area contributed by atoms with Gasteiger partial charge in [-0.15, -0.1) is 0 Å². The van der Waals surface area contributed by atoms with Crippen LogP contribution in [0, 0.1) is 11.8 Å². The third kappa shape index (κ3) is 3.16. The maximum Gasteiger partial charge on any atom is 0.282 e. The molecule has 0 bridgehead atoms. The average Bonchev–Trinajstić information content (AvgIpc) is 2.51. The summed E-state index contributed by atoms with van der Waals surface area (Å²) in [7, 11) is 5.16. The second-order valence-corrected chi connectivity index (χ2v) is 4.39. The van der Waals surface area contributed by atoms with Gasteiger partial charge in [0, 0.05) is 12.5 Å². The van der Waals surface area contributed by atoms with E-state index in [9.17, 15) is 0 Å². The van der Waals surface area contributed by atoms with E-state index >= 15 is 0 Å². The van der Waals surface area contributed by atoms with Crippen molar-refractivity contribution in [3.8, 4) is 0 Å². The molecule has 1 unspecified atom stereocenters. The summed E-state index contributed by atoms with van der Waals surface area (Å²) in [5.41, 5.74) is 1.58. The topological polar surface area (TPSA) is 9.23 Å². The third-order valence-corrected chi connectivity index (χ3v) is 3.26. The molecule has 0 heterocycles. The average molecular weight is 192 g/mol.